The van der Waals surface area contributed by atoms with Gasteiger partial charge in [-0.2, -0.15) is 15.0 Å². The quantitative estimate of drug-likeness (QED) is 0.857. The molecule has 0 spiro atoms. The van der Waals surface area contributed by atoms with Gasteiger partial charge in [0.25, 0.3) is 0 Å². The Balaban J connectivity index is 0.00000144. The Morgan fingerprint density at radius 2 is 1.41 bits per heavy atom. The smallest absolute Gasteiger partial charge is 0.225 e. The largest absolute Gasteiger partial charge is 0.368 e. The molecule has 0 unspecified atom stereocenters. The highest BCUT2D eigenvalue weighted by molar-refractivity contribution is 5.85. The number of rotatable bonds is 3. The number of aromatic nitrogens is 3. The maximum absolute atomic E-state index is 5.49. The van der Waals surface area contributed by atoms with E-state index in [9.17, 15) is 0 Å². The fourth-order valence-electron chi connectivity index (χ4n) is 1.47. The van der Waals surface area contributed by atoms with E-state index in [0.29, 0.717) is 12.2 Å². The lowest BCUT2D eigenvalue weighted by Gasteiger charge is -2.02. The number of halogens is 1. The summed E-state index contributed by atoms with van der Waals surface area (Å²) in [6.07, 6.45) is 1.57. The fraction of sp³-hybridized carbons (Fsp3) is 0.182. The van der Waals surface area contributed by atoms with Crippen molar-refractivity contribution in [1.82, 2.24) is 15.0 Å². The Labute approximate surface area is 106 Å². The lowest BCUT2D eigenvalue weighted by atomic mass is 10.1. The number of aryl methyl sites for hydroxylation is 2. The molecule has 90 valence electrons. The predicted molar refractivity (Wildman–Crippen MR) is 69.7 cm³/mol. The fourth-order valence-corrected chi connectivity index (χ4v) is 1.47. The zero-order chi connectivity index (χ0) is 11.4. The van der Waals surface area contributed by atoms with Crippen molar-refractivity contribution in [3.05, 3.63) is 41.7 Å². The van der Waals surface area contributed by atoms with Crippen LogP contribution in [0.25, 0.3) is 0 Å². The van der Waals surface area contributed by atoms with E-state index >= 15 is 0 Å². The normalized spacial score (nSPS) is 9.65. The van der Waals surface area contributed by atoms with Gasteiger partial charge < -0.3 is 11.5 Å². The summed E-state index contributed by atoms with van der Waals surface area (Å²) < 4.78 is 0. The maximum Gasteiger partial charge on any atom is 0.225 e. The van der Waals surface area contributed by atoms with E-state index < -0.39 is 0 Å². The molecule has 0 aliphatic rings. The van der Waals surface area contributed by atoms with Crippen LogP contribution >= 0.6 is 12.4 Å². The SMILES string of the molecule is Cl.Nc1nc(N)nc(CCc2ccccc2)n1. The second-order valence-electron chi connectivity index (χ2n) is 3.45. The molecule has 6 heteroatoms. The van der Waals surface area contributed by atoms with Crippen LogP contribution in [0.5, 0.6) is 0 Å². The second-order valence-corrected chi connectivity index (χ2v) is 3.45. The number of anilines is 2. The van der Waals surface area contributed by atoms with Gasteiger partial charge in [0.2, 0.25) is 11.9 Å². The van der Waals surface area contributed by atoms with Crippen LogP contribution in [0.1, 0.15) is 11.4 Å². The summed E-state index contributed by atoms with van der Waals surface area (Å²) in [5.74, 6) is 0.986. The van der Waals surface area contributed by atoms with Crippen LogP contribution in [-0.2, 0) is 12.8 Å². The Hall–Kier alpha value is -1.88. The molecule has 0 atom stereocenters. The monoisotopic (exact) mass is 251 g/mol. The Kier molecular flexibility index (Phi) is 4.66. The summed E-state index contributed by atoms with van der Waals surface area (Å²) in [7, 11) is 0. The van der Waals surface area contributed by atoms with Crippen LogP contribution in [0.3, 0.4) is 0 Å². The van der Waals surface area contributed by atoms with Gasteiger partial charge in [0.15, 0.2) is 0 Å². The number of nitrogen functional groups attached to an aromatic ring is 2. The van der Waals surface area contributed by atoms with Crippen molar-refractivity contribution >= 4 is 24.3 Å². The van der Waals surface area contributed by atoms with E-state index in [0.717, 1.165) is 6.42 Å². The molecule has 17 heavy (non-hydrogen) atoms. The van der Waals surface area contributed by atoms with Gasteiger partial charge >= 0.3 is 0 Å². The molecule has 2 rings (SSSR count). The van der Waals surface area contributed by atoms with Gasteiger partial charge in [-0.05, 0) is 12.0 Å². The number of benzene rings is 1. The molecule has 0 aliphatic carbocycles. The van der Waals surface area contributed by atoms with Gasteiger partial charge in [0, 0.05) is 6.42 Å². The van der Waals surface area contributed by atoms with Crippen molar-refractivity contribution in [2.24, 2.45) is 0 Å². The van der Waals surface area contributed by atoms with Crippen molar-refractivity contribution in [2.45, 2.75) is 12.8 Å². The number of hydrogen-bond acceptors (Lipinski definition) is 5. The van der Waals surface area contributed by atoms with E-state index in [-0.39, 0.29) is 24.3 Å². The molecule has 1 aromatic heterocycles. The summed E-state index contributed by atoms with van der Waals surface area (Å²) >= 11 is 0. The molecule has 0 amide bonds. The third kappa shape index (κ3) is 3.88. The van der Waals surface area contributed by atoms with Crippen LogP contribution in [0.2, 0.25) is 0 Å². The van der Waals surface area contributed by atoms with Crippen molar-refractivity contribution in [1.29, 1.82) is 0 Å². The average molecular weight is 252 g/mol. The summed E-state index contributed by atoms with van der Waals surface area (Å²) in [5.41, 5.74) is 12.2. The molecule has 0 bridgehead atoms. The molecular weight excluding hydrogens is 238 g/mol. The topological polar surface area (TPSA) is 90.7 Å². The number of nitrogens with zero attached hydrogens (tertiary/aromatic N) is 3. The van der Waals surface area contributed by atoms with Crippen LogP contribution < -0.4 is 11.5 Å². The molecule has 5 nitrogen and oxygen atoms in total. The molecule has 2 aromatic rings. The van der Waals surface area contributed by atoms with Crippen molar-refractivity contribution in [3.8, 4) is 0 Å². The highest BCUT2D eigenvalue weighted by atomic mass is 35.5. The highest BCUT2D eigenvalue weighted by Gasteiger charge is 2.02. The Bertz CT molecular complexity index is 454. The zero-order valence-electron chi connectivity index (χ0n) is 9.21. The lowest BCUT2D eigenvalue weighted by molar-refractivity contribution is 0.847. The molecule has 0 radical (unpaired) electrons. The third-order valence-electron chi connectivity index (χ3n) is 2.20. The molecule has 1 aromatic carbocycles. The molecule has 0 saturated carbocycles. The molecule has 4 N–H and O–H groups in total. The number of nitrogens with two attached hydrogens (primary N) is 2. The highest BCUT2D eigenvalue weighted by Crippen LogP contribution is 2.05. The Morgan fingerprint density at radius 1 is 0.824 bits per heavy atom. The first-order valence-electron chi connectivity index (χ1n) is 5.04. The first-order valence-corrected chi connectivity index (χ1v) is 5.04. The summed E-state index contributed by atoms with van der Waals surface area (Å²) in [5, 5.41) is 0. The minimum absolute atomic E-state index is 0. The van der Waals surface area contributed by atoms with Gasteiger partial charge in [-0.1, -0.05) is 30.3 Å². The minimum Gasteiger partial charge on any atom is -0.368 e. The lowest BCUT2D eigenvalue weighted by Crippen LogP contribution is -2.07. The summed E-state index contributed by atoms with van der Waals surface area (Å²) in [6.45, 7) is 0. The molecule has 0 saturated heterocycles. The van der Waals surface area contributed by atoms with E-state index in [1.807, 2.05) is 18.2 Å². The standard InChI is InChI=1S/C11H13N5.ClH/c12-10-14-9(15-11(13)16-10)7-6-8-4-2-1-3-5-8;/h1-5H,6-7H2,(H4,12,13,14,15,16);1H. The predicted octanol–water partition coefficient (Wildman–Crippen LogP) is 1.24. The van der Waals surface area contributed by atoms with Gasteiger partial charge in [0.05, 0.1) is 0 Å². The first-order chi connectivity index (χ1) is 7.74. The average Bonchev–Trinajstić information content (AvgIpc) is 2.27. The molecule has 1 heterocycles. The van der Waals surface area contributed by atoms with Crippen LogP contribution in [0.15, 0.2) is 30.3 Å². The van der Waals surface area contributed by atoms with Crippen molar-refractivity contribution < 1.29 is 0 Å². The van der Waals surface area contributed by atoms with E-state index in [2.05, 4.69) is 27.1 Å². The van der Waals surface area contributed by atoms with E-state index in [4.69, 9.17) is 11.5 Å². The summed E-state index contributed by atoms with van der Waals surface area (Å²) in [4.78, 5) is 11.8. The van der Waals surface area contributed by atoms with Crippen LogP contribution in [0.4, 0.5) is 11.9 Å². The Morgan fingerprint density at radius 3 is 2.00 bits per heavy atom. The number of hydrogen-bond donors (Lipinski definition) is 2. The van der Waals surface area contributed by atoms with Crippen LogP contribution in [0, 0.1) is 0 Å². The minimum atomic E-state index is 0. The zero-order valence-corrected chi connectivity index (χ0v) is 10.0. The van der Waals surface area contributed by atoms with Crippen molar-refractivity contribution in [3.63, 3.8) is 0 Å². The van der Waals surface area contributed by atoms with Gasteiger partial charge in [-0.3, -0.25) is 0 Å². The van der Waals surface area contributed by atoms with Crippen LogP contribution in [-0.4, -0.2) is 15.0 Å². The van der Waals surface area contributed by atoms with Gasteiger partial charge in [-0.25, -0.2) is 0 Å². The van der Waals surface area contributed by atoms with Gasteiger partial charge in [0.1, 0.15) is 5.82 Å². The first kappa shape index (κ1) is 13.2. The van der Waals surface area contributed by atoms with E-state index in [1.54, 1.807) is 0 Å². The second kappa shape index (κ2) is 6.00. The third-order valence-corrected chi connectivity index (χ3v) is 2.20. The summed E-state index contributed by atoms with van der Waals surface area (Å²) in [6, 6.07) is 10.1. The van der Waals surface area contributed by atoms with Gasteiger partial charge in [-0.15, -0.1) is 12.4 Å². The van der Waals surface area contributed by atoms with E-state index in [1.165, 1.54) is 5.56 Å². The molecule has 0 fully saturated rings. The van der Waals surface area contributed by atoms with Crippen molar-refractivity contribution in [2.75, 3.05) is 11.5 Å². The molecule has 0 aliphatic heterocycles. The molecular formula is C11H14ClN5. The maximum atomic E-state index is 5.49.